The van der Waals surface area contributed by atoms with Gasteiger partial charge in [-0.1, -0.05) is 18.2 Å². The Bertz CT molecular complexity index is 266. The van der Waals surface area contributed by atoms with Crippen LogP contribution in [0.5, 0.6) is 0 Å². The van der Waals surface area contributed by atoms with E-state index in [1.165, 1.54) is 4.90 Å². The number of nitrogens with two attached hydrogens (primary N) is 1. The number of rotatable bonds is 2. The average Bonchev–Trinajstić information content (AvgIpc) is 2.07. The molecule has 0 atom stereocenters. The lowest BCUT2D eigenvalue weighted by Crippen LogP contribution is -2.34. The number of urea groups is 1. The van der Waals surface area contributed by atoms with Crippen LogP contribution in [0.2, 0.25) is 0 Å². The molecule has 0 spiro atoms. The van der Waals surface area contributed by atoms with E-state index >= 15 is 0 Å². The Balaban J connectivity index is 0.00000144. The smallest absolute Gasteiger partial charge is 0.320 e. The Labute approximate surface area is 87.9 Å². The second kappa shape index (κ2) is 5.67. The molecule has 3 nitrogen and oxygen atoms in total. The summed E-state index contributed by atoms with van der Waals surface area (Å²) in [5.74, 6) is 0. The summed E-state index contributed by atoms with van der Waals surface area (Å²) in [6, 6.07) is 8.56. The second-order valence-corrected chi connectivity index (χ2v) is 2.46. The molecule has 72 valence electrons. The number of carbonyl (C=O) groups excluding carboxylic acids is 1. The number of hydrogen-bond acceptors (Lipinski definition) is 1. The lowest BCUT2D eigenvalue weighted by molar-refractivity contribution is 0.255. The van der Waals surface area contributed by atoms with E-state index in [4.69, 9.17) is 17.3 Å². The summed E-state index contributed by atoms with van der Waals surface area (Å²) >= 11 is 5.52. The van der Waals surface area contributed by atoms with E-state index in [2.05, 4.69) is 0 Å². The van der Waals surface area contributed by atoms with Crippen molar-refractivity contribution in [1.82, 2.24) is 0 Å². The van der Waals surface area contributed by atoms with Crippen LogP contribution in [0.25, 0.3) is 0 Å². The van der Waals surface area contributed by atoms with Gasteiger partial charge in [0.05, 0.1) is 0 Å². The molecule has 1 rings (SSSR count). The second-order valence-electron chi connectivity index (χ2n) is 2.22. The predicted molar refractivity (Wildman–Crippen MR) is 56.5 cm³/mol. The maximum atomic E-state index is 10.8. The molecule has 1 aromatic rings. The first-order chi connectivity index (χ1) is 5.75. The summed E-state index contributed by atoms with van der Waals surface area (Å²) in [4.78, 5) is 12.1. The summed E-state index contributed by atoms with van der Waals surface area (Å²) in [5.41, 5.74) is 5.79. The van der Waals surface area contributed by atoms with Crippen molar-refractivity contribution in [3.8, 4) is 0 Å². The van der Waals surface area contributed by atoms with Gasteiger partial charge < -0.3 is 5.73 Å². The molecule has 1 aromatic carbocycles. The molecular formula is C8H10Cl2N2O. The molecule has 0 aliphatic rings. The highest BCUT2D eigenvalue weighted by Crippen LogP contribution is 2.12. The van der Waals surface area contributed by atoms with Crippen LogP contribution in [0.1, 0.15) is 0 Å². The molecule has 0 aliphatic heterocycles. The van der Waals surface area contributed by atoms with Gasteiger partial charge in [-0.15, -0.1) is 24.0 Å². The average molecular weight is 221 g/mol. The number of halogens is 2. The molecule has 2 N–H and O–H groups in total. The van der Waals surface area contributed by atoms with Crippen LogP contribution in [-0.4, -0.2) is 12.0 Å². The number of para-hydroxylation sites is 1. The van der Waals surface area contributed by atoms with E-state index in [0.29, 0.717) is 5.69 Å². The number of amides is 2. The third-order valence-electron chi connectivity index (χ3n) is 1.45. The predicted octanol–water partition coefficient (Wildman–Crippen LogP) is 2.19. The first-order valence-electron chi connectivity index (χ1n) is 3.43. The van der Waals surface area contributed by atoms with Crippen LogP contribution in [0.15, 0.2) is 30.3 Å². The van der Waals surface area contributed by atoms with Gasteiger partial charge in [-0.2, -0.15) is 0 Å². The third-order valence-corrected chi connectivity index (χ3v) is 1.69. The van der Waals surface area contributed by atoms with Crippen LogP contribution in [0, 0.1) is 0 Å². The zero-order valence-electron chi connectivity index (χ0n) is 6.81. The van der Waals surface area contributed by atoms with Gasteiger partial charge in [0.2, 0.25) is 0 Å². The fraction of sp³-hybridized carbons (Fsp3) is 0.125. The van der Waals surface area contributed by atoms with E-state index in [0.717, 1.165) is 0 Å². The van der Waals surface area contributed by atoms with Gasteiger partial charge in [-0.05, 0) is 12.1 Å². The van der Waals surface area contributed by atoms with Crippen LogP contribution < -0.4 is 10.6 Å². The molecule has 5 heteroatoms. The van der Waals surface area contributed by atoms with Gasteiger partial charge in [0.1, 0.15) is 6.00 Å². The maximum Gasteiger partial charge on any atom is 0.320 e. The summed E-state index contributed by atoms with van der Waals surface area (Å²) in [7, 11) is 0. The number of benzene rings is 1. The van der Waals surface area contributed by atoms with E-state index in [-0.39, 0.29) is 18.4 Å². The number of carbonyl (C=O) groups is 1. The normalized spacial score (nSPS) is 8.69. The summed E-state index contributed by atoms with van der Waals surface area (Å²) in [5, 5.41) is 0. The fourth-order valence-electron chi connectivity index (χ4n) is 0.863. The van der Waals surface area contributed by atoms with E-state index in [1.807, 2.05) is 18.2 Å². The van der Waals surface area contributed by atoms with Gasteiger partial charge in [0.25, 0.3) is 0 Å². The highest BCUT2D eigenvalue weighted by atomic mass is 35.5. The number of nitrogens with zero attached hydrogens (tertiary/aromatic N) is 1. The van der Waals surface area contributed by atoms with Gasteiger partial charge in [-0.3, -0.25) is 4.90 Å². The van der Waals surface area contributed by atoms with Crippen molar-refractivity contribution in [2.75, 3.05) is 10.9 Å². The minimum absolute atomic E-state index is 0. The van der Waals surface area contributed by atoms with Crippen LogP contribution in [0.4, 0.5) is 10.5 Å². The molecule has 0 aliphatic carbocycles. The lowest BCUT2D eigenvalue weighted by atomic mass is 10.3. The molecule has 0 unspecified atom stereocenters. The SMILES string of the molecule is Cl.NC(=O)N(CCl)c1ccccc1. The van der Waals surface area contributed by atoms with Crippen molar-refractivity contribution in [1.29, 1.82) is 0 Å². The highest BCUT2D eigenvalue weighted by Gasteiger charge is 2.08. The van der Waals surface area contributed by atoms with Crippen molar-refractivity contribution in [2.24, 2.45) is 5.73 Å². The molecule has 13 heavy (non-hydrogen) atoms. The van der Waals surface area contributed by atoms with Crippen molar-refractivity contribution < 1.29 is 4.79 Å². The van der Waals surface area contributed by atoms with Crippen molar-refractivity contribution in [3.63, 3.8) is 0 Å². The van der Waals surface area contributed by atoms with Gasteiger partial charge in [0, 0.05) is 5.69 Å². The summed E-state index contributed by atoms with van der Waals surface area (Å²) in [6.07, 6.45) is 0. The van der Waals surface area contributed by atoms with Crippen LogP contribution >= 0.6 is 24.0 Å². The minimum atomic E-state index is -0.545. The molecule has 2 amide bonds. The van der Waals surface area contributed by atoms with Crippen molar-refractivity contribution in [3.05, 3.63) is 30.3 Å². The van der Waals surface area contributed by atoms with Crippen molar-refractivity contribution in [2.45, 2.75) is 0 Å². The highest BCUT2D eigenvalue weighted by molar-refractivity contribution is 6.21. The number of primary amides is 1. The topological polar surface area (TPSA) is 46.3 Å². The Morgan fingerprint density at radius 3 is 2.31 bits per heavy atom. The largest absolute Gasteiger partial charge is 0.351 e. The minimum Gasteiger partial charge on any atom is -0.351 e. The van der Waals surface area contributed by atoms with Crippen molar-refractivity contribution >= 4 is 35.7 Å². The van der Waals surface area contributed by atoms with Gasteiger partial charge in [0.15, 0.2) is 0 Å². The lowest BCUT2D eigenvalue weighted by Gasteiger charge is -2.16. The van der Waals surface area contributed by atoms with Crippen LogP contribution in [0.3, 0.4) is 0 Å². The summed E-state index contributed by atoms with van der Waals surface area (Å²) in [6.45, 7) is 0. The monoisotopic (exact) mass is 220 g/mol. The molecule has 0 saturated heterocycles. The number of alkyl halides is 1. The van der Waals surface area contributed by atoms with E-state index in [9.17, 15) is 4.79 Å². The Morgan fingerprint density at radius 2 is 1.92 bits per heavy atom. The third kappa shape index (κ3) is 3.13. The van der Waals surface area contributed by atoms with Gasteiger partial charge in [-0.25, -0.2) is 4.79 Å². The number of hydrogen-bond donors (Lipinski definition) is 1. The quantitative estimate of drug-likeness (QED) is 0.603. The maximum absolute atomic E-state index is 10.8. The molecule has 0 saturated carbocycles. The van der Waals surface area contributed by atoms with Gasteiger partial charge >= 0.3 is 6.03 Å². The Morgan fingerprint density at radius 1 is 1.38 bits per heavy atom. The zero-order chi connectivity index (χ0) is 8.97. The summed E-state index contributed by atoms with van der Waals surface area (Å²) < 4.78 is 0. The first-order valence-corrected chi connectivity index (χ1v) is 3.97. The molecule has 0 radical (unpaired) electrons. The molecule has 0 bridgehead atoms. The van der Waals surface area contributed by atoms with E-state index in [1.54, 1.807) is 12.1 Å². The number of anilines is 1. The first kappa shape index (κ1) is 12.1. The standard InChI is InChI=1S/C8H9ClN2O.ClH/c9-6-11(8(10)12)7-4-2-1-3-5-7;/h1-5H,6H2,(H2,10,12);1H. The molecule has 0 heterocycles. The molecular weight excluding hydrogens is 211 g/mol. The van der Waals surface area contributed by atoms with Crippen LogP contribution in [-0.2, 0) is 0 Å². The van der Waals surface area contributed by atoms with E-state index < -0.39 is 6.03 Å². The molecule has 0 aromatic heterocycles. The Hall–Kier alpha value is -0.930. The Kier molecular flexibility index (Phi) is 5.26. The fourth-order valence-corrected chi connectivity index (χ4v) is 1.12. The zero-order valence-corrected chi connectivity index (χ0v) is 8.39. The molecule has 0 fully saturated rings.